The molecule has 1 aliphatic carbocycles. The van der Waals surface area contributed by atoms with Crippen molar-refractivity contribution in [2.75, 3.05) is 47.5 Å². The Balaban J connectivity index is 2.52. The zero-order valence-electron chi connectivity index (χ0n) is 37.0. The number of unbranched alkanes of at least 4 members (excludes halogenated alkanes) is 7. The number of aliphatic hydroxyl groups excluding tert-OH is 3. The van der Waals surface area contributed by atoms with E-state index in [0.29, 0.717) is 43.1 Å². The minimum absolute atomic E-state index is 0.0788. The van der Waals surface area contributed by atoms with Crippen LogP contribution in [0.2, 0.25) is 0 Å². The summed E-state index contributed by atoms with van der Waals surface area (Å²) in [6.45, 7) is 3.70. The second-order valence-corrected chi connectivity index (χ2v) is 18.1. The molecule has 0 aliphatic heterocycles. The molecule has 7 atom stereocenters. The number of hydrogen-bond acceptors (Lipinski definition) is 11. The van der Waals surface area contributed by atoms with Crippen LogP contribution in [0.3, 0.4) is 0 Å². The van der Waals surface area contributed by atoms with Gasteiger partial charge in [0.2, 0.25) is 0 Å². The molecule has 1 saturated carbocycles. The first kappa shape index (κ1) is 54.6. The lowest BCUT2D eigenvalue weighted by Gasteiger charge is -2.28. The molecule has 0 amide bonds. The lowest BCUT2D eigenvalue weighted by atomic mass is 9.88. The van der Waals surface area contributed by atoms with E-state index in [4.69, 9.17) is 18.5 Å². The van der Waals surface area contributed by atoms with Crippen LogP contribution in [0.15, 0.2) is 60.8 Å². The highest BCUT2D eigenvalue weighted by Gasteiger charge is 2.39. The van der Waals surface area contributed by atoms with Gasteiger partial charge in [-0.25, -0.2) is 0 Å². The van der Waals surface area contributed by atoms with E-state index < -0.39 is 50.8 Å². The van der Waals surface area contributed by atoms with Gasteiger partial charge in [-0.3, -0.25) is 14.2 Å². The quantitative estimate of drug-likeness (QED) is 0.0185. The number of carbonyl (C=O) groups is 2. The predicted molar refractivity (Wildman–Crippen MR) is 233 cm³/mol. The van der Waals surface area contributed by atoms with E-state index in [1.807, 2.05) is 27.2 Å². The van der Waals surface area contributed by atoms with Gasteiger partial charge >= 0.3 is 11.9 Å². The Kier molecular flexibility index (Phi) is 30.8. The molecule has 59 heavy (non-hydrogen) atoms. The molecule has 340 valence electrons. The molecule has 3 N–H and O–H groups in total. The van der Waals surface area contributed by atoms with Crippen molar-refractivity contribution in [2.45, 2.75) is 160 Å². The number of carbonyl (C=O) groups excluding carboxylic acids is 2. The molecule has 1 unspecified atom stereocenters. The molecule has 0 radical (unpaired) electrons. The van der Waals surface area contributed by atoms with Gasteiger partial charge in [0.05, 0.1) is 46.1 Å². The second-order valence-electron chi connectivity index (χ2n) is 16.6. The number of likely N-dealkylation sites (N-methyl/N-ethyl adjacent to an activating group) is 1. The van der Waals surface area contributed by atoms with Crippen LogP contribution in [0.1, 0.15) is 136 Å². The van der Waals surface area contributed by atoms with Gasteiger partial charge in [0.25, 0.3) is 7.82 Å². The lowest BCUT2D eigenvalue weighted by Crippen LogP contribution is -2.37. The summed E-state index contributed by atoms with van der Waals surface area (Å²) in [5, 5.41) is 31.4. The summed E-state index contributed by atoms with van der Waals surface area (Å²) in [6, 6.07) is 0. The van der Waals surface area contributed by atoms with E-state index in [0.717, 1.165) is 77.0 Å². The Labute approximate surface area is 356 Å². The van der Waals surface area contributed by atoms with Gasteiger partial charge in [0, 0.05) is 25.2 Å². The molecular formula is C46H80NO11P. The van der Waals surface area contributed by atoms with Crippen LogP contribution < -0.4 is 4.89 Å². The average Bonchev–Trinajstić information content (AvgIpc) is 3.44. The average molecular weight is 854 g/mol. The minimum atomic E-state index is -4.70. The molecule has 0 spiro atoms. The van der Waals surface area contributed by atoms with Gasteiger partial charge in [-0.2, -0.15) is 0 Å². The summed E-state index contributed by atoms with van der Waals surface area (Å²) in [6.07, 6.45) is 31.8. The maximum absolute atomic E-state index is 12.8. The van der Waals surface area contributed by atoms with Gasteiger partial charge in [-0.1, -0.05) is 113 Å². The summed E-state index contributed by atoms with van der Waals surface area (Å²) < 4.78 is 33.8. The number of aliphatic hydroxyl groups is 3. The zero-order valence-corrected chi connectivity index (χ0v) is 37.9. The fraction of sp³-hybridized carbons (Fsp3) is 0.739. The fourth-order valence-corrected chi connectivity index (χ4v) is 7.35. The topological polar surface area (TPSA) is 172 Å². The van der Waals surface area contributed by atoms with Crippen molar-refractivity contribution in [2.24, 2.45) is 11.8 Å². The van der Waals surface area contributed by atoms with Crippen molar-refractivity contribution in [1.82, 2.24) is 0 Å². The van der Waals surface area contributed by atoms with Crippen LogP contribution in [-0.2, 0) is 32.7 Å². The standard InChI is InChI=1S/C46H80NO11P/c1-6-8-10-11-12-13-14-15-16-17-18-19-20-21-26-30-45(51)55-37-40(38-57-59(53,54)56-35-34-47(3,4)5)58-46(52)31-27-23-22-25-29-41-42(44(50)36-43(41)49)33-32-39(48)28-24-9-7-2/h8,10,12-13,15-16,18-19,32-33,39-44,48-50H,6-7,9,11,14,17,20-31,34-38H2,1-5H3/b10-8-,13-12-,16-15-,19-18-,33-32+/t39-,40+,41+,42+,43-,44+/m0/s1. The van der Waals surface area contributed by atoms with Crippen molar-refractivity contribution < 1.29 is 57.4 Å². The van der Waals surface area contributed by atoms with Crippen LogP contribution in [0.4, 0.5) is 0 Å². The number of rotatable bonds is 35. The van der Waals surface area contributed by atoms with E-state index in [-0.39, 0.29) is 37.9 Å². The van der Waals surface area contributed by atoms with E-state index in [2.05, 4.69) is 62.5 Å². The molecule has 0 aromatic carbocycles. The smallest absolute Gasteiger partial charge is 0.306 e. The Morgan fingerprint density at radius 3 is 2.07 bits per heavy atom. The molecule has 1 aliphatic rings. The third-order valence-electron chi connectivity index (χ3n) is 10.1. The van der Waals surface area contributed by atoms with Crippen LogP contribution in [0.5, 0.6) is 0 Å². The second kappa shape index (κ2) is 33.2. The molecule has 1 rings (SSSR count). The van der Waals surface area contributed by atoms with Crippen LogP contribution in [-0.4, -0.2) is 104 Å². The first-order valence-corrected chi connectivity index (χ1v) is 23.7. The monoisotopic (exact) mass is 854 g/mol. The first-order valence-electron chi connectivity index (χ1n) is 22.3. The number of hydrogen-bond donors (Lipinski definition) is 3. The highest BCUT2D eigenvalue weighted by atomic mass is 31.2. The van der Waals surface area contributed by atoms with Gasteiger partial charge in [-0.05, 0) is 70.1 Å². The third kappa shape index (κ3) is 30.3. The Hall–Kier alpha value is -2.41. The van der Waals surface area contributed by atoms with Crippen molar-refractivity contribution in [3.05, 3.63) is 60.8 Å². The molecule has 13 heteroatoms. The van der Waals surface area contributed by atoms with Gasteiger partial charge in [0.15, 0.2) is 6.10 Å². The maximum atomic E-state index is 12.8. The minimum Gasteiger partial charge on any atom is -0.756 e. The van der Waals surface area contributed by atoms with E-state index in [9.17, 15) is 34.4 Å². The van der Waals surface area contributed by atoms with Crippen molar-refractivity contribution in [3.8, 4) is 0 Å². The van der Waals surface area contributed by atoms with Crippen molar-refractivity contribution in [3.63, 3.8) is 0 Å². The van der Waals surface area contributed by atoms with Crippen LogP contribution >= 0.6 is 7.82 Å². The van der Waals surface area contributed by atoms with Gasteiger partial charge in [-0.15, -0.1) is 0 Å². The number of allylic oxidation sites excluding steroid dienone is 8. The molecule has 0 aromatic rings. The highest BCUT2D eigenvalue weighted by Crippen LogP contribution is 2.39. The normalized spacial score (nSPS) is 21.0. The molecule has 1 fully saturated rings. The summed E-state index contributed by atoms with van der Waals surface area (Å²) in [5.74, 6) is -1.34. The fourth-order valence-electron chi connectivity index (χ4n) is 6.62. The largest absolute Gasteiger partial charge is 0.756 e. The number of nitrogens with zero attached hydrogens (tertiary/aromatic N) is 1. The molecule has 12 nitrogen and oxygen atoms in total. The summed E-state index contributed by atoms with van der Waals surface area (Å²) in [4.78, 5) is 37.7. The Bertz CT molecular complexity index is 1310. The summed E-state index contributed by atoms with van der Waals surface area (Å²) >= 11 is 0. The maximum Gasteiger partial charge on any atom is 0.306 e. The highest BCUT2D eigenvalue weighted by molar-refractivity contribution is 7.45. The van der Waals surface area contributed by atoms with E-state index in [1.165, 1.54) is 0 Å². The number of esters is 2. The molecule has 0 aromatic heterocycles. The number of phosphoric acid groups is 1. The predicted octanol–water partition coefficient (Wildman–Crippen LogP) is 8.21. The SMILES string of the molecule is CC/C=C\C/C=C\C/C=C\C/C=C\CCCCC(=O)OC[C@H](COP(=O)([O-])OCC[N+](C)(C)C)OC(=O)CCCCCC[C@@H]1[C@@H](/C=C/[C@@H](O)CCCCC)[C@H](O)C[C@@H]1O. The number of phosphoric ester groups is 1. The zero-order chi connectivity index (χ0) is 43.8. The van der Waals surface area contributed by atoms with Crippen LogP contribution in [0, 0.1) is 11.8 Å². The molecule has 0 heterocycles. The van der Waals surface area contributed by atoms with E-state index >= 15 is 0 Å². The van der Waals surface area contributed by atoms with E-state index in [1.54, 1.807) is 6.08 Å². The molecule has 0 bridgehead atoms. The lowest BCUT2D eigenvalue weighted by molar-refractivity contribution is -0.870. The van der Waals surface area contributed by atoms with Crippen molar-refractivity contribution >= 4 is 19.8 Å². The first-order chi connectivity index (χ1) is 28.2. The number of quaternary nitrogens is 1. The van der Waals surface area contributed by atoms with Gasteiger partial charge in [0.1, 0.15) is 19.8 Å². The third-order valence-corrected chi connectivity index (χ3v) is 11.1. The number of ether oxygens (including phenoxy) is 2. The van der Waals surface area contributed by atoms with Crippen molar-refractivity contribution in [1.29, 1.82) is 0 Å². The Morgan fingerprint density at radius 1 is 0.780 bits per heavy atom. The molecular weight excluding hydrogens is 773 g/mol. The van der Waals surface area contributed by atoms with Gasteiger partial charge < -0.3 is 43.2 Å². The Morgan fingerprint density at radius 2 is 1.41 bits per heavy atom. The summed E-state index contributed by atoms with van der Waals surface area (Å²) in [7, 11) is 1.00. The van der Waals surface area contributed by atoms with Crippen LogP contribution in [0.25, 0.3) is 0 Å². The summed E-state index contributed by atoms with van der Waals surface area (Å²) in [5.41, 5.74) is 0. The molecule has 0 saturated heterocycles.